The summed E-state index contributed by atoms with van der Waals surface area (Å²) in [6, 6.07) is 6.11. The zero-order valence-electron chi connectivity index (χ0n) is 10.5. The second kappa shape index (κ2) is 5.20. The summed E-state index contributed by atoms with van der Waals surface area (Å²) in [6.45, 7) is 8.68. The van der Waals surface area contributed by atoms with E-state index in [0.717, 1.165) is 17.0 Å². The number of aliphatic hydroxyl groups is 1. The summed E-state index contributed by atoms with van der Waals surface area (Å²) in [5.74, 6) is 0.243. The van der Waals surface area contributed by atoms with E-state index in [1.165, 1.54) is 5.56 Å². The molecule has 0 fully saturated rings. The van der Waals surface area contributed by atoms with Gasteiger partial charge in [0.25, 0.3) is 0 Å². The van der Waals surface area contributed by atoms with Crippen LogP contribution in [0.2, 0.25) is 5.02 Å². The van der Waals surface area contributed by atoms with Crippen LogP contribution in [-0.2, 0) is 6.42 Å². The third-order valence-electron chi connectivity index (χ3n) is 3.12. The van der Waals surface area contributed by atoms with Gasteiger partial charge in [-0.05, 0) is 41.9 Å². The lowest BCUT2D eigenvalue weighted by atomic mass is 9.78. The van der Waals surface area contributed by atoms with Crippen LogP contribution in [0.4, 0.5) is 0 Å². The molecule has 1 N–H and O–H groups in total. The van der Waals surface area contributed by atoms with Crippen LogP contribution in [-0.4, -0.2) is 11.7 Å². The SMILES string of the molecule is Cc1ccc(CC(CO)C(C)(C)C)c(Cl)c1. The van der Waals surface area contributed by atoms with E-state index in [2.05, 4.69) is 32.9 Å². The third kappa shape index (κ3) is 3.50. The highest BCUT2D eigenvalue weighted by atomic mass is 35.5. The number of aryl methyl sites for hydroxylation is 1. The molecule has 1 nitrogen and oxygen atoms in total. The van der Waals surface area contributed by atoms with Crippen molar-refractivity contribution in [1.29, 1.82) is 0 Å². The summed E-state index contributed by atoms with van der Waals surface area (Å²) in [6.07, 6.45) is 0.832. The Kier molecular flexibility index (Phi) is 4.40. The molecule has 0 aliphatic carbocycles. The molecule has 0 bridgehead atoms. The molecule has 1 rings (SSSR count). The first-order valence-corrected chi connectivity index (χ1v) is 6.08. The first-order chi connectivity index (χ1) is 7.34. The molecule has 1 atom stereocenters. The standard InChI is InChI=1S/C14H21ClO/c1-10-5-6-11(13(15)7-10)8-12(9-16)14(2,3)4/h5-7,12,16H,8-9H2,1-4H3. The average Bonchev–Trinajstić information content (AvgIpc) is 2.14. The second-order valence-electron chi connectivity index (χ2n) is 5.54. The number of aliphatic hydroxyl groups excluding tert-OH is 1. The van der Waals surface area contributed by atoms with Gasteiger partial charge in [-0.15, -0.1) is 0 Å². The van der Waals surface area contributed by atoms with Crippen molar-refractivity contribution < 1.29 is 5.11 Å². The minimum absolute atomic E-state index is 0.100. The Bertz CT molecular complexity index is 352. The van der Waals surface area contributed by atoms with Crippen molar-refractivity contribution in [3.8, 4) is 0 Å². The number of rotatable bonds is 3. The molecule has 0 aromatic heterocycles. The van der Waals surface area contributed by atoms with Crippen molar-refractivity contribution in [2.24, 2.45) is 11.3 Å². The Morgan fingerprint density at radius 3 is 2.38 bits per heavy atom. The van der Waals surface area contributed by atoms with Crippen LogP contribution in [0.1, 0.15) is 31.9 Å². The molecule has 0 amide bonds. The van der Waals surface area contributed by atoms with Crippen LogP contribution in [0.5, 0.6) is 0 Å². The van der Waals surface area contributed by atoms with Gasteiger partial charge in [0, 0.05) is 11.6 Å². The quantitative estimate of drug-likeness (QED) is 0.851. The van der Waals surface area contributed by atoms with Gasteiger partial charge in [-0.25, -0.2) is 0 Å². The molecule has 1 aromatic rings. The fourth-order valence-electron chi connectivity index (χ4n) is 1.73. The van der Waals surface area contributed by atoms with Crippen molar-refractivity contribution in [2.45, 2.75) is 34.1 Å². The van der Waals surface area contributed by atoms with E-state index in [1.807, 2.05) is 13.0 Å². The number of halogens is 1. The molecule has 0 heterocycles. The largest absolute Gasteiger partial charge is 0.396 e. The van der Waals surface area contributed by atoms with Gasteiger partial charge >= 0.3 is 0 Å². The lowest BCUT2D eigenvalue weighted by Gasteiger charge is -2.29. The van der Waals surface area contributed by atoms with Gasteiger partial charge in [-0.3, -0.25) is 0 Å². The van der Waals surface area contributed by atoms with Crippen LogP contribution in [0.15, 0.2) is 18.2 Å². The maximum absolute atomic E-state index is 9.43. The van der Waals surface area contributed by atoms with Crippen molar-refractivity contribution in [1.82, 2.24) is 0 Å². The maximum atomic E-state index is 9.43. The summed E-state index contributed by atoms with van der Waals surface area (Å²) >= 11 is 6.20. The van der Waals surface area contributed by atoms with E-state index in [0.29, 0.717) is 0 Å². The number of hydrogen-bond acceptors (Lipinski definition) is 1. The fourth-order valence-corrected chi connectivity index (χ4v) is 2.04. The number of benzene rings is 1. The van der Waals surface area contributed by atoms with Crippen LogP contribution >= 0.6 is 11.6 Å². The van der Waals surface area contributed by atoms with Crippen molar-refractivity contribution in [3.63, 3.8) is 0 Å². The van der Waals surface area contributed by atoms with Crippen LogP contribution in [0, 0.1) is 18.3 Å². The lowest BCUT2D eigenvalue weighted by molar-refractivity contribution is 0.131. The molecular weight excluding hydrogens is 220 g/mol. The Hall–Kier alpha value is -0.530. The Balaban J connectivity index is 2.86. The normalized spacial score (nSPS) is 13.9. The molecule has 2 heteroatoms. The van der Waals surface area contributed by atoms with Gasteiger partial charge in [0.1, 0.15) is 0 Å². The van der Waals surface area contributed by atoms with Crippen LogP contribution in [0.25, 0.3) is 0 Å². The number of hydrogen-bond donors (Lipinski definition) is 1. The van der Waals surface area contributed by atoms with Gasteiger partial charge in [0.05, 0.1) is 0 Å². The Labute approximate surface area is 103 Å². The molecule has 0 radical (unpaired) electrons. The molecule has 1 aromatic carbocycles. The van der Waals surface area contributed by atoms with E-state index in [-0.39, 0.29) is 17.9 Å². The highest BCUT2D eigenvalue weighted by Gasteiger charge is 2.24. The smallest absolute Gasteiger partial charge is 0.0467 e. The van der Waals surface area contributed by atoms with Gasteiger partial charge in [0.15, 0.2) is 0 Å². The average molecular weight is 241 g/mol. The minimum atomic E-state index is 0.100. The van der Waals surface area contributed by atoms with E-state index in [4.69, 9.17) is 11.6 Å². The van der Waals surface area contributed by atoms with Gasteiger partial charge < -0.3 is 5.11 Å². The van der Waals surface area contributed by atoms with Crippen LogP contribution in [0.3, 0.4) is 0 Å². The third-order valence-corrected chi connectivity index (χ3v) is 3.47. The topological polar surface area (TPSA) is 20.2 Å². The summed E-state index contributed by atoms with van der Waals surface area (Å²) in [5, 5.41) is 10.2. The monoisotopic (exact) mass is 240 g/mol. The van der Waals surface area contributed by atoms with E-state index in [1.54, 1.807) is 0 Å². The second-order valence-corrected chi connectivity index (χ2v) is 5.95. The van der Waals surface area contributed by atoms with Crippen molar-refractivity contribution in [2.75, 3.05) is 6.61 Å². The molecule has 90 valence electrons. The molecular formula is C14H21ClO. The van der Waals surface area contributed by atoms with E-state index >= 15 is 0 Å². The highest BCUT2D eigenvalue weighted by Crippen LogP contribution is 2.31. The molecule has 1 unspecified atom stereocenters. The molecule has 0 saturated carbocycles. The Morgan fingerprint density at radius 2 is 1.94 bits per heavy atom. The maximum Gasteiger partial charge on any atom is 0.0467 e. The zero-order valence-corrected chi connectivity index (χ0v) is 11.3. The Morgan fingerprint density at radius 1 is 1.31 bits per heavy atom. The summed E-state index contributed by atoms with van der Waals surface area (Å²) < 4.78 is 0. The predicted molar refractivity (Wildman–Crippen MR) is 69.9 cm³/mol. The van der Waals surface area contributed by atoms with Crippen LogP contribution < -0.4 is 0 Å². The minimum Gasteiger partial charge on any atom is -0.396 e. The fraction of sp³-hybridized carbons (Fsp3) is 0.571. The van der Waals surface area contributed by atoms with E-state index < -0.39 is 0 Å². The predicted octanol–water partition coefficient (Wildman–Crippen LogP) is 3.85. The molecule has 0 spiro atoms. The molecule has 0 saturated heterocycles. The van der Waals surface area contributed by atoms with Gasteiger partial charge in [-0.2, -0.15) is 0 Å². The van der Waals surface area contributed by atoms with Gasteiger partial charge in [-0.1, -0.05) is 44.5 Å². The highest BCUT2D eigenvalue weighted by molar-refractivity contribution is 6.31. The molecule has 0 aliphatic heterocycles. The van der Waals surface area contributed by atoms with Crippen molar-refractivity contribution in [3.05, 3.63) is 34.3 Å². The summed E-state index contributed by atoms with van der Waals surface area (Å²) in [5.41, 5.74) is 2.40. The first kappa shape index (κ1) is 13.5. The van der Waals surface area contributed by atoms with E-state index in [9.17, 15) is 5.11 Å². The molecule has 16 heavy (non-hydrogen) atoms. The van der Waals surface area contributed by atoms with Crippen molar-refractivity contribution >= 4 is 11.6 Å². The first-order valence-electron chi connectivity index (χ1n) is 5.70. The molecule has 0 aliphatic rings. The van der Waals surface area contributed by atoms with Gasteiger partial charge in [0.2, 0.25) is 0 Å². The summed E-state index contributed by atoms with van der Waals surface area (Å²) in [7, 11) is 0. The zero-order chi connectivity index (χ0) is 12.3. The lowest BCUT2D eigenvalue weighted by Crippen LogP contribution is -2.26. The summed E-state index contributed by atoms with van der Waals surface area (Å²) in [4.78, 5) is 0.